The van der Waals surface area contributed by atoms with Crippen molar-refractivity contribution in [3.05, 3.63) is 102 Å². The summed E-state index contributed by atoms with van der Waals surface area (Å²) < 4.78 is 18.9. The molecule has 2 aromatic carbocycles. The van der Waals surface area contributed by atoms with Crippen molar-refractivity contribution in [2.75, 3.05) is 13.7 Å². The van der Waals surface area contributed by atoms with E-state index in [1.165, 1.54) is 13.3 Å². The molecule has 8 rings (SSSR count). The van der Waals surface area contributed by atoms with Gasteiger partial charge in [-0.2, -0.15) is 4.39 Å². The van der Waals surface area contributed by atoms with Crippen molar-refractivity contribution in [2.24, 2.45) is 34.6 Å². The van der Waals surface area contributed by atoms with Crippen LogP contribution in [0.4, 0.5) is 9.18 Å². The molecule has 2 aliphatic heterocycles. The number of hydrogen-bond donors (Lipinski definition) is 3. The Balaban J connectivity index is 0.888. The first-order valence-corrected chi connectivity index (χ1v) is 19.7. The lowest BCUT2D eigenvalue weighted by Crippen LogP contribution is -2.51. The molecule has 2 aromatic heterocycles. The molecule has 0 radical (unpaired) electrons. The number of benzene rings is 2. The summed E-state index contributed by atoms with van der Waals surface area (Å²) in [5.41, 5.74) is 7.80. The van der Waals surface area contributed by atoms with E-state index in [0.717, 1.165) is 83.6 Å². The number of aromatic nitrogens is 3. The Morgan fingerprint density at radius 2 is 1.66 bits per heavy atom. The predicted octanol–water partition coefficient (Wildman–Crippen LogP) is 7.49. The summed E-state index contributed by atoms with van der Waals surface area (Å²) in [6.07, 6.45) is 10.2. The molecular weight excluding hydrogens is 710 g/mol. The van der Waals surface area contributed by atoms with E-state index in [4.69, 9.17) is 9.73 Å². The summed E-state index contributed by atoms with van der Waals surface area (Å²) in [4.78, 5) is 57.6. The third kappa shape index (κ3) is 7.36. The highest BCUT2D eigenvalue weighted by Gasteiger charge is 2.52. The van der Waals surface area contributed by atoms with E-state index >= 15 is 0 Å². The molecule has 3 amide bonds. The zero-order valence-electron chi connectivity index (χ0n) is 32.0. The Kier molecular flexibility index (Phi) is 10.5. The number of aromatic amines is 1. The molecule has 4 aromatic rings. The minimum absolute atomic E-state index is 0.0106. The first kappa shape index (κ1) is 37.3. The number of rotatable bonds is 11. The summed E-state index contributed by atoms with van der Waals surface area (Å²) in [6.45, 7) is 4.54. The van der Waals surface area contributed by atoms with Gasteiger partial charge >= 0.3 is 6.09 Å². The SMILES string of the molecule is COC(=O)N[C@H](C(=O)N1CCC[C@H]1c1ncc(-c2ccc(-c3ccc(C4=CN=C([C@@H]5C6CCC(C6)[C@H]5C(=O)NCc5cccnc5F)C4)cc3)cc2)[nH]1)C(C)C. The van der Waals surface area contributed by atoms with Gasteiger partial charge in [0.1, 0.15) is 11.9 Å². The molecule has 6 atom stereocenters. The number of alkyl carbamates (subject to hydrolysis) is 1. The zero-order chi connectivity index (χ0) is 38.9. The third-order valence-corrected chi connectivity index (χ3v) is 12.3. The number of carbonyl (C=O) groups excluding carboxylic acids is 3. The van der Waals surface area contributed by atoms with Gasteiger partial charge in [-0.25, -0.2) is 14.8 Å². The number of pyridine rings is 1. The van der Waals surface area contributed by atoms with E-state index in [0.29, 0.717) is 23.9 Å². The van der Waals surface area contributed by atoms with Crippen LogP contribution in [0, 0.1) is 35.5 Å². The Morgan fingerprint density at radius 1 is 0.946 bits per heavy atom. The lowest BCUT2D eigenvalue weighted by molar-refractivity contribution is -0.135. The Labute approximate surface area is 326 Å². The number of imidazole rings is 1. The maximum atomic E-state index is 14.1. The number of H-pyrrole nitrogens is 1. The number of halogens is 1. The van der Waals surface area contributed by atoms with Crippen molar-refractivity contribution in [1.29, 1.82) is 0 Å². The van der Waals surface area contributed by atoms with Crippen LogP contribution in [0.5, 0.6) is 0 Å². The maximum absolute atomic E-state index is 14.1. The van der Waals surface area contributed by atoms with Gasteiger partial charge in [-0.3, -0.25) is 14.6 Å². The van der Waals surface area contributed by atoms with Crippen LogP contribution in [-0.4, -0.2) is 63.2 Å². The van der Waals surface area contributed by atoms with E-state index < -0.39 is 18.1 Å². The van der Waals surface area contributed by atoms with E-state index in [2.05, 4.69) is 74.1 Å². The van der Waals surface area contributed by atoms with Crippen molar-refractivity contribution in [1.82, 2.24) is 30.5 Å². The maximum Gasteiger partial charge on any atom is 0.407 e. The second kappa shape index (κ2) is 15.8. The molecule has 3 fully saturated rings. The smallest absolute Gasteiger partial charge is 0.407 e. The highest BCUT2D eigenvalue weighted by molar-refractivity contribution is 6.02. The number of nitrogens with zero attached hydrogens (tertiary/aromatic N) is 4. The summed E-state index contributed by atoms with van der Waals surface area (Å²) in [7, 11) is 1.29. The Morgan fingerprint density at radius 3 is 2.38 bits per heavy atom. The number of aliphatic imine (C=N–C) groups is 1. The number of likely N-dealkylation sites (tertiary alicyclic amines) is 1. The van der Waals surface area contributed by atoms with E-state index in [1.807, 2.05) is 31.1 Å². The van der Waals surface area contributed by atoms with Crippen molar-refractivity contribution in [2.45, 2.75) is 71.0 Å². The first-order valence-electron chi connectivity index (χ1n) is 19.7. The van der Waals surface area contributed by atoms with E-state index in [1.54, 1.807) is 12.1 Å². The second-order valence-corrected chi connectivity index (χ2v) is 15.9. The number of amides is 3. The molecule has 11 nitrogen and oxygen atoms in total. The minimum atomic E-state index is -0.682. The summed E-state index contributed by atoms with van der Waals surface area (Å²) in [6, 6.07) is 19.3. The fourth-order valence-corrected chi connectivity index (χ4v) is 9.39. The quantitative estimate of drug-likeness (QED) is 0.136. The monoisotopic (exact) mass is 757 g/mol. The van der Waals surface area contributed by atoms with Crippen LogP contribution in [0.3, 0.4) is 0 Å². The van der Waals surface area contributed by atoms with Crippen molar-refractivity contribution in [3.63, 3.8) is 0 Å². The lowest BCUT2D eigenvalue weighted by atomic mass is 9.75. The third-order valence-electron chi connectivity index (χ3n) is 12.3. The van der Waals surface area contributed by atoms with Gasteiger partial charge in [-0.15, -0.1) is 0 Å². The second-order valence-electron chi connectivity index (χ2n) is 15.9. The lowest BCUT2D eigenvalue weighted by Gasteiger charge is -2.30. The molecule has 290 valence electrons. The largest absolute Gasteiger partial charge is 0.453 e. The number of methoxy groups -OCH3 is 1. The standard InChI is InChI=1S/C44H48FN7O4/c1-25(2)39(51-44(55)56-3)43(54)52-19-5-7-36(52)41-48-24-35(50-41)29-14-12-27(13-15-29)26-8-10-28(11-9-26)33-21-34(47-23-33)37-30-16-17-31(20-30)38(37)42(53)49-22-32-6-4-18-46-40(32)45/h4,6,8-15,18,23-25,30-31,36-39H,5,7,16-17,19-22H2,1-3H3,(H,48,50)(H,49,53)(H,51,55)/t30?,31?,36-,37-,38+,39-/m0/s1. The molecule has 2 unspecified atom stereocenters. The minimum Gasteiger partial charge on any atom is -0.453 e. The summed E-state index contributed by atoms with van der Waals surface area (Å²) in [5, 5.41) is 5.70. The van der Waals surface area contributed by atoms with Crippen molar-refractivity contribution in [3.8, 4) is 22.4 Å². The average Bonchev–Trinajstić information content (AvgIpc) is 4.08. The van der Waals surface area contributed by atoms with Crippen LogP contribution in [-0.2, 0) is 20.9 Å². The summed E-state index contributed by atoms with van der Waals surface area (Å²) >= 11 is 0. The van der Waals surface area contributed by atoms with Crippen LogP contribution in [0.2, 0.25) is 0 Å². The molecule has 1 saturated heterocycles. The van der Waals surface area contributed by atoms with Gasteiger partial charge < -0.3 is 25.3 Å². The molecule has 2 aliphatic carbocycles. The fourth-order valence-electron chi connectivity index (χ4n) is 9.39. The van der Waals surface area contributed by atoms with Gasteiger partial charge in [0.15, 0.2) is 0 Å². The Bertz CT molecular complexity index is 2160. The van der Waals surface area contributed by atoms with Gasteiger partial charge in [0.2, 0.25) is 17.8 Å². The fraction of sp³-hybridized carbons (Fsp3) is 0.409. The zero-order valence-corrected chi connectivity index (χ0v) is 32.0. The number of hydrogen-bond acceptors (Lipinski definition) is 7. The molecular formula is C44H48FN7O4. The highest BCUT2D eigenvalue weighted by Crippen LogP contribution is 2.54. The topological polar surface area (TPSA) is 142 Å². The molecule has 2 saturated carbocycles. The number of carbonyl (C=O) groups is 3. The molecule has 4 aliphatic rings. The van der Waals surface area contributed by atoms with Gasteiger partial charge in [0.25, 0.3) is 0 Å². The van der Waals surface area contributed by atoms with Crippen molar-refractivity contribution >= 4 is 29.2 Å². The van der Waals surface area contributed by atoms with Gasteiger partial charge in [-0.05, 0) is 83.8 Å². The number of ether oxygens (including phenoxy) is 1. The highest BCUT2D eigenvalue weighted by atomic mass is 19.1. The van der Waals surface area contributed by atoms with Crippen LogP contribution in [0.15, 0.2) is 84.2 Å². The van der Waals surface area contributed by atoms with Crippen molar-refractivity contribution < 1.29 is 23.5 Å². The van der Waals surface area contributed by atoms with Gasteiger partial charge in [0.05, 0.1) is 25.0 Å². The number of allylic oxidation sites excluding steroid dienone is 1. The number of fused-ring (bicyclic) bond motifs is 2. The average molecular weight is 758 g/mol. The van der Waals surface area contributed by atoms with Crippen LogP contribution >= 0.6 is 0 Å². The van der Waals surface area contributed by atoms with Crippen LogP contribution in [0.25, 0.3) is 28.0 Å². The van der Waals surface area contributed by atoms with E-state index in [-0.39, 0.29) is 42.2 Å². The van der Waals surface area contributed by atoms with Gasteiger partial charge in [0, 0.05) is 55.0 Å². The molecule has 3 N–H and O–H groups in total. The molecule has 2 bridgehead atoms. The molecule has 12 heteroatoms. The normalized spacial score (nSPS) is 23.2. The first-order chi connectivity index (χ1) is 27.2. The molecule has 56 heavy (non-hydrogen) atoms. The van der Waals surface area contributed by atoms with Gasteiger partial charge in [-0.1, -0.05) is 68.4 Å². The van der Waals surface area contributed by atoms with E-state index in [9.17, 15) is 18.8 Å². The van der Waals surface area contributed by atoms with Crippen LogP contribution in [0.1, 0.15) is 75.4 Å². The Hall–Kier alpha value is -5.65. The number of nitrogens with one attached hydrogen (secondary N) is 3. The summed E-state index contributed by atoms with van der Waals surface area (Å²) in [5.74, 6) is 0.704. The molecule has 0 spiro atoms. The molecule has 4 heterocycles. The predicted molar refractivity (Wildman–Crippen MR) is 211 cm³/mol. The van der Waals surface area contributed by atoms with Crippen LogP contribution < -0.4 is 10.6 Å².